The number of rotatable bonds is 4. The molecule has 0 aliphatic rings. The highest BCUT2D eigenvalue weighted by atomic mass is 32.1. The van der Waals surface area contributed by atoms with Crippen molar-refractivity contribution in [3.8, 4) is 40.3 Å². The maximum atomic E-state index is 12.3. The third-order valence-corrected chi connectivity index (χ3v) is 16.6. The van der Waals surface area contributed by atoms with Gasteiger partial charge in [0.1, 0.15) is 23.3 Å². The summed E-state index contributed by atoms with van der Waals surface area (Å²) in [5, 5.41) is 35.7. The summed E-state index contributed by atoms with van der Waals surface area (Å²) >= 11 is 3.57. The fourth-order valence-corrected chi connectivity index (χ4v) is 13.7. The summed E-state index contributed by atoms with van der Waals surface area (Å²) in [7, 11) is 0. The largest absolute Gasteiger partial charge is 0.307 e. The van der Waals surface area contributed by atoms with E-state index in [9.17, 15) is 10.5 Å². The van der Waals surface area contributed by atoms with Crippen molar-refractivity contribution in [2.24, 2.45) is 0 Å². The number of thiophene rings is 2. The average Bonchev–Trinajstić information content (AvgIpc) is 4.21. The third-order valence-electron chi connectivity index (χ3n) is 14.3. The Morgan fingerprint density at radius 2 is 0.652 bits per heavy atom. The Labute approximate surface area is 402 Å². The lowest BCUT2D eigenvalue weighted by Gasteiger charge is -2.26. The van der Waals surface area contributed by atoms with Gasteiger partial charge < -0.3 is 13.7 Å². The highest BCUT2D eigenvalue weighted by Crippen LogP contribution is 2.50. The maximum Gasteiger partial charge on any atom is 0.104 e. The fraction of sp³-hybridized carbons (Fsp3) is 0. The van der Waals surface area contributed by atoms with Gasteiger partial charge in [0.05, 0.1) is 50.2 Å². The van der Waals surface area contributed by atoms with Gasteiger partial charge in [-0.15, -0.1) is 22.7 Å². The maximum absolute atomic E-state index is 12.3. The highest BCUT2D eigenvalue weighted by molar-refractivity contribution is 7.26. The Morgan fingerprint density at radius 1 is 0.290 bits per heavy atom. The number of benzene rings is 10. The molecule has 0 amide bonds. The van der Waals surface area contributed by atoms with Crippen LogP contribution in [0.5, 0.6) is 0 Å². The van der Waals surface area contributed by atoms with E-state index in [4.69, 9.17) is 0 Å². The molecule has 0 atom stereocenters. The zero-order chi connectivity index (χ0) is 45.5. The molecule has 15 aromatic rings. The Hall–Kier alpha value is -8.98. The minimum absolute atomic E-state index is 0.408. The van der Waals surface area contributed by atoms with Crippen LogP contribution in [0.1, 0.15) is 11.1 Å². The molecule has 15 rings (SSSR count). The monoisotopic (exact) mass is 911 g/mol. The number of hydrogen-bond donors (Lipinski definition) is 0. The quantitative estimate of drug-likeness (QED) is 0.177. The lowest BCUT2D eigenvalue weighted by Crippen LogP contribution is -2.14. The molecule has 0 spiro atoms. The Bertz CT molecular complexity index is 4570. The summed E-state index contributed by atoms with van der Waals surface area (Å²) in [5.74, 6) is 0. The normalized spacial score (nSPS) is 12.0. The van der Waals surface area contributed by atoms with Crippen LogP contribution >= 0.6 is 22.7 Å². The van der Waals surface area contributed by atoms with Gasteiger partial charge in [-0.1, -0.05) is 133 Å². The lowest BCUT2D eigenvalue weighted by atomic mass is 9.91. The van der Waals surface area contributed by atoms with E-state index >= 15 is 0 Å². The van der Waals surface area contributed by atoms with Crippen LogP contribution in [0.2, 0.25) is 0 Å². The summed E-state index contributed by atoms with van der Waals surface area (Å²) in [4.78, 5) is 0. The first kappa shape index (κ1) is 38.2. The third kappa shape index (κ3) is 5.15. The number of hydrogen-bond acceptors (Lipinski definition) is 4. The van der Waals surface area contributed by atoms with Gasteiger partial charge in [-0.05, 0) is 72.3 Å². The van der Waals surface area contributed by atoms with Gasteiger partial charge in [-0.25, -0.2) is 0 Å². The van der Waals surface area contributed by atoms with Gasteiger partial charge >= 0.3 is 0 Å². The topological polar surface area (TPSA) is 62.4 Å². The van der Waals surface area contributed by atoms with Crippen LogP contribution in [0, 0.1) is 22.7 Å². The van der Waals surface area contributed by atoms with Gasteiger partial charge in [0, 0.05) is 78.2 Å². The van der Waals surface area contributed by atoms with Crippen molar-refractivity contribution in [1.29, 1.82) is 10.5 Å². The van der Waals surface area contributed by atoms with Crippen LogP contribution in [-0.4, -0.2) is 13.7 Å². The first-order chi connectivity index (χ1) is 34.2. The molecule has 0 bridgehead atoms. The number of para-hydroxylation sites is 5. The number of nitrogens with zero attached hydrogens (tertiary/aromatic N) is 5. The van der Waals surface area contributed by atoms with Crippen LogP contribution in [0.15, 0.2) is 200 Å². The highest BCUT2D eigenvalue weighted by Gasteiger charge is 2.33. The van der Waals surface area contributed by atoms with Crippen molar-refractivity contribution in [3.63, 3.8) is 0 Å². The van der Waals surface area contributed by atoms with Crippen LogP contribution in [-0.2, 0) is 0 Å². The SMILES string of the molecule is N#Cc1c(-n2c3ccccc3c3cc4sc5ccccc5c4cc32)c(C#N)c(-n2c3ccccc3c3ccccc32)c(-c2ccc3sc4ccccc4c3c2)c1-n1c2ccccc2c2ccccc21. The van der Waals surface area contributed by atoms with Crippen molar-refractivity contribution >= 4 is 128 Å². The molecule has 0 N–H and O–H groups in total. The molecule has 0 fully saturated rings. The zero-order valence-electron chi connectivity index (χ0n) is 36.6. The number of aromatic nitrogens is 3. The average molecular weight is 912 g/mol. The van der Waals surface area contributed by atoms with E-state index in [1.165, 1.54) is 29.6 Å². The summed E-state index contributed by atoms with van der Waals surface area (Å²) < 4.78 is 11.6. The molecule has 0 unspecified atom stereocenters. The second-order valence-corrected chi connectivity index (χ2v) is 19.9. The number of nitriles is 2. The Kier molecular flexibility index (Phi) is 7.89. The predicted molar refractivity (Wildman–Crippen MR) is 290 cm³/mol. The van der Waals surface area contributed by atoms with Crippen LogP contribution in [0.4, 0.5) is 0 Å². The summed E-state index contributed by atoms with van der Waals surface area (Å²) in [6.07, 6.45) is 0. The van der Waals surface area contributed by atoms with Gasteiger partial charge in [0.25, 0.3) is 0 Å². The molecule has 69 heavy (non-hydrogen) atoms. The van der Waals surface area contributed by atoms with Gasteiger partial charge in [-0.3, -0.25) is 0 Å². The van der Waals surface area contributed by atoms with Crippen LogP contribution in [0.25, 0.3) is 134 Å². The Morgan fingerprint density at radius 3 is 1.12 bits per heavy atom. The molecule has 0 saturated carbocycles. The minimum atomic E-state index is 0.408. The molecule has 0 radical (unpaired) electrons. The van der Waals surface area contributed by atoms with Crippen LogP contribution < -0.4 is 0 Å². The molecule has 7 heteroatoms. The molecule has 0 aliphatic heterocycles. The molecule has 0 aliphatic carbocycles. The standard InChI is InChI=1S/C62H33N5S2/c63-34-47-60(67-53-26-12-5-19-41(53)44-33-58-46(32-54(44)67)43-21-7-14-28-56(43)69-58)48(35-64)62(66-51-24-10-3-17-39(51)40-18-4-11-25-52(40)66)59(36-29-30-57-45(31-36)42-20-6-13-27-55(42)68-57)61(47)65-49-22-8-1-15-37(49)38-16-2-9-23-50(38)65/h1-33H. The number of fused-ring (bicyclic) bond motifs is 15. The van der Waals surface area contributed by atoms with Gasteiger partial charge in [0.15, 0.2) is 0 Å². The lowest BCUT2D eigenvalue weighted by molar-refractivity contribution is 1.08. The molecule has 5 aromatic heterocycles. The van der Waals surface area contributed by atoms with E-state index in [-0.39, 0.29) is 0 Å². The summed E-state index contributed by atoms with van der Waals surface area (Å²) in [5.41, 5.74) is 10.2. The first-order valence-corrected chi connectivity index (χ1v) is 24.6. The van der Waals surface area contributed by atoms with E-state index in [2.05, 4.69) is 226 Å². The molecule has 5 nitrogen and oxygen atoms in total. The minimum Gasteiger partial charge on any atom is -0.307 e. The van der Waals surface area contributed by atoms with E-state index in [1.807, 2.05) is 0 Å². The zero-order valence-corrected chi connectivity index (χ0v) is 38.2. The van der Waals surface area contributed by atoms with Crippen molar-refractivity contribution in [2.45, 2.75) is 0 Å². The second kappa shape index (κ2) is 14.3. The fourth-order valence-electron chi connectivity index (χ4n) is 11.5. The van der Waals surface area contributed by atoms with Crippen molar-refractivity contribution in [2.75, 3.05) is 0 Å². The van der Waals surface area contributed by atoms with Crippen molar-refractivity contribution in [3.05, 3.63) is 211 Å². The van der Waals surface area contributed by atoms with E-state index < -0.39 is 0 Å². The first-order valence-electron chi connectivity index (χ1n) is 23.0. The molecule has 0 saturated heterocycles. The molecule has 318 valence electrons. The molecular formula is C62H33N5S2. The predicted octanol–water partition coefficient (Wildman–Crippen LogP) is 17.1. The van der Waals surface area contributed by atoms with Gasteiger partial charge in [0.2, 0.25) is 0 Å². The summed E-state index contributed by atoms with van der Waals surface area (Å²) in [6, 6.07) is 76.6. The second-order valence-electron chi connectivity index (χ2n) is 17.8. The smallest absolute Gasteiger partial charge is 0.104 e. The van der Waals surface area contributed by atoms with E-state index in [0.717, 1.165) is 87.3 Å². The van der Waals surface area contributed by atoms with Gasteiger partial charge in [-0.2, -0.15) is 10.5 Å². The molecular weight excluding hydrogens is 879 g/mol. The van der Waals surface area contributed by atoms with E-state index in [0.29, 0.717) is 28.2 Å². The van der Waals surface area contributed by atoms with E-state index in [1.54, 1.807) is 22.7 Å². The summed E-state index contributed by atoms with van der Waals surface area (Å²) in [6.45, 7) is 0. The van der Waals surface area contributed by atoms with Crippen molar-refractivity contribution < 1.29 is 0 Å². The molecule has 10 aromatic carbocycles. The molecule has 5 heterocycles. The van der Waals surface area contributed by atoms with Crippen LogP contribution in [0.3, 0.4) is 0 Å². The Balaban J connectivity index is 1.24. The van der Waals surface area contributed by atoms with Crippen molar-refractivity contribution in [1.82, 2.24) is 13.7 Å².